The fourth-order valence-corrected chi connectivity index (χ4v) is 3.49. The Morgan fingerprint density at radius 2 is 1.81 bits per heavy atom. The Morgan fingerprint density at radius 1 is 1.11 bits per heavy atom. The number of halogens is 1. The smallest absolute Gasteiger partial charge is 0.260 e. The van der Waals surface area contributed by atoms with Crippen LogP contribution in [0, 0.1) is 11.3 Å². The van der Waals surface area contributed by atoms with Gasteiger partial charge in [-0.15, -0.1) is 0 Å². The first-order valence-electron chi connectivity index (χ1n) is 8.28. The second-order valence-electron chi connectivity index (χ2n) is 6.11. The van der Waals surface area contributed by atoms with Crippen LogP contribution in [-0.4, -0.2) is 14.7 Å². The molecule has 5 nitrogen and oxygen atoms in total. The van der Waals surface area contributed by atoms with Gasteiger partial charge in [0.2, 0.25) is 0 Å². The topological polar surface area (TPSA) is 81.8 Å². The van der Waals surface area contributed by atoms with Crippen molar-refractivity contribution in [3.63, 3.8) is 0 Å². The Labute approximate surface area is 159 Å². The van der Waals surface area contributed by atoms with Gasteiger partial charge >= 0.3 is 0 Å². The third kappa shape index (κ3) is 2.86. The zero-order valence-corrected chi connectivity index (χ0v) is 14.9. The predicted molar refractivity (Wildman–Crippen MR) is 105 cm³/mol. The molecule has 2 aromatic heterocycles. The minimum absolute atomic E-state index is 0.132. The van der Waals surface area contributed by atoms with Crippen molar-refractivity contribution < 1.29 is 5.11 Å². The number of pyridine rings is 1. The summed E-state index contributed by atoms with van der Waals surface area (Å²) in [6, 6.07) is 20.0. The number of nitrogens with one attached hydrogen (secondary N) is 1. The van der Waals surface area contributed by atoms with Crippen molar-refractivity contribution in [1.82, 2.24) is 9.55 Å². The van der Waals surface area contributed by atoms with Crippen molar-refractivity contribution in [2.24, 2.45) is 0 Å². The van der Waals surface area contributed by atoms with E-state index in [0.717, 1.165) is 11.3 Å². The van der Waals surface area contributed by atoms with Crippen LogP contribution in [0.25, 0.3) is 27.8 Å². The highest BCUT2D eigenvalue weighted by Crippen LogP contribution is 2.36. The van der Waals surface area contributed by atoms with E-state index in [1.807, 2.05) is 30.3 Å². The van der Waals surface area contributed by atoms with Crippen LogP contribution in [0.15, 0.2) is 65.5 Å². The van der Waals surface area contributed by atoms with Gasteiger partial charge in [-0.3, -0.25) is 9.36 Å². The van der Waals surface area contributed by atoms with Crippen molar-refractivity contribution in [3.05, 3.63) is 81.7 Å². The maximum atomic E-state index is 12.5. The lowest BCUT2D eigenvalue weighted by Crippen LogP contribution is -2.09. The van der Waals surface area contributed by atoms with E-state index in [0.29, 0.717) is 28.2 Å². The highest BCUT2D eigenvalue weighted by molar-refractivity contribution is 6.31. The monoisotopic (exact) mass is 375 g/mol. The lowest BCUT2D eigenvalue weighted by molar-refractivity contribution is 0.480. The number of aromatic amines is 1. The Balaban J connectivity index is 1.98. The quantitative estimate of drug-likeness (QED) is 0.556. The normalized spacial score (nSPS) is 10.8. The molecule has 0 aliphatic carbocycles. The lowest BCUT2D eigenvalue weighted by Gasteiger charge is -2.11. The molecule has 0 saturated heterocycles. The van der Waals surface area contributed by atoms with Crippen LogP contribution in [0.5, 0.6) is 5.75 Å². The van der Waals surface area contributed by atoms with E-state index >= 15 is 0 Å². The molecule has 2 aromatic carbocycles. The molecule has 0 atom stereocenters. The number of rotatable bonds is 3. The van der Waals surface area contributed by atoms with E-state index in [4.69, 9.17) is 16.9 Å². The molecule has 2 heterocycles. The van der Waals surface area contributed by atoms with Gasteiger partial charge < -0.3 is 10.1 Å². The number of hydrogen-bond donors (Lipinski definition) is 2. The summed E-state index contributed by atoms with van der Waals surface area (Å²) in [4.78, 5) is 15.3. The first kappa shape index (κ1) is 17.0. The molecule has 0 radical (unpaired) electrons. The van der Waals surface area contributed by atoms with E-state index in [2.05, 4.69) is 11.1 Å². The van der Waals surface area contributed by atoms with Crippen LogP contribution in [-0.2, 0) is 6.42 Å². The molecule has 0 unspecified atom stereocenters. The van der Waals surface area contributed by atoms with Gasteiger partial charge in [-0.2, -0.15) is 5.26 Å². The highest BCUT2D eigenvalue weighted by Gasteiger charge is 2.19. The molecule has 27 heavy (non-hydrogen) atoms. The molecule has 6 heteroatoms. The van der Waals surface area contributed by atoms with E-state index < -0.39 is 0 Å². The molecule has 0 aliphatic heterocycles. The SMILES string of the molecule is N#CCc1ccc(-n2c(Cl)cc3[nH]c(=O)c(-c4ccccc4)c(O)c32)cc1. The summed E-state index contributed by atoms with van der Waals surface area (Å²) < 4.78 is 1.67. The molecule has 0 fully saturated rings. The van der Waals surface area contributed by atoms with Crippen molar-refractivity contribution in [2.75, 3.05) is 0 Å². The molecule has 0 amide bonds. The summed E-state index contributed by atoms with van der Waals surface area (Å²) in [5.41, 5.74) is 2.90. The van der Waals surface area contributed by atoms with Crippen LogP contribution in [0.3, 0.4) is 0 Å². The van der Waals surface area contributed by atoms with E-state index in [-0.39, 0.29) is 16.9 Å². The Hall–Kier alpha value is -3.49. The number of nitrogens with zero attached hydrogens (tertiary/aromatic N) is 2. The molecule has 2 N–H and O–H groups in total. The first-order valence-corrected chi connectivity index (χ1v) is 8.66. The minimum Gasteiger partial charge on any atom is -0.505 e. The molecular weight excluding hydrogens is 362 g/mol. The number of nitriles is 1. The van der Waals surface area contributed by atoms with Crippen LogP contribution >= 0.6 is 11.6 Å². The van der Waals surface area contributed by atoms with E-state index in [1.54, 1.807) is 34.9 Å². The largest absolute Gasteiger partial charge is 0.505 e. The van der Waals surface area contributed by atoms with Crippen LogP contribution < -0.4 is 5.56 Å². The highest BCUT2D eigenvalue weighted by atomic mass is 35.5. The Morgan fingerprint density at radius 3 is 2.48 bits per heavy atom. The van der Waals surface area contributed by atoms with Gasteiger partial charge in [0.25, 0.3) is 5.56 Å². The van der Waals surface area contributed by atoms with Crippen molar-refractivity contribution in [3.8, 4) is 28.6 Å². The molecule has 0 aliphatic rings. The number of H-pyrrole nitrogens is 1. The maximum Gasteiger partial charge on any atom is 0.260 e. The van der Waals surface area contributed by atoms with Gasteiger partial charge in [0.15, 0.2) is 5.75 Å². The molecule has 4 aromatic rings. The number of fused-ring (bicyclic) bond motifs is 1. The van der Waals surface area contributed by atoms with Gasteiger partial charge in [0.05, 0.1) is 23.6 Å². The third-order valence-corrected chi connectivity index (χ3v) is 4.71. The van der Waals surface area contributed by atoms with Gasteiger partial charge in [-0.1, -0.05) is 54.1 Å². The van der Waals surface area contributed by atoms with E-state index in [1.165, 1.54) is 0 Å². The molecule has 132 valence electrons. The number of benzene rings is 2. The van der Waals surface area contributed by atoms with Gasteiger partial charge in [0, 0.05) is 5.69 Å². The summed E-state index contributed by atoms with van der Waals surface area (Å²) in [5.74, 6) is -0.132. The summed E-state index contributed by atoms with van der Waals surface area (Å²) in [6.45, 7) is 0. The number of aromatic nitrogens is 2. The van der Waals surface area contributed by atoms with Crippen LogP contribution in [0.4, 0.5) is 0 Å². The third-order valence-electron chi connectivity index (χ3n) is 4.43. The maximum absolute atomic E-state index is 12.5. The summed E-state index contributed by atoms with van der Waals surface area (Å²) in [5, 5.41) is 20.1. The lowest BCUT2D eigenvalue weighted by atomic mass is 10.1. The van der Waals surface area contributed by atoms with Crippen molar-refractivity contribution in [1.29, 1.82) is 5.26 Å². The Bertz CT molecular complexity index is 1230. The zero-order chi connectivity index (χ0) is 19.0. The van der Waals surface area contributed by atoms with Crippen molar-refractivity contribution >= 4 is 22.6 Å². The van der Waals surface area contributed by atoms with Gasteiger partial charge in [0.1, 0.15) is 10.7 Å². The second-order valence-corrected chi connectivity index (χ2v) is 6.50. The molecule has 0 saturated carbocycles. The number of aromatic hydroxyl groups is 1. The predicted octanol–water partition coefficient (Wildman–Crippen LogP) is 4.41. The summed E-state index contributed by atoms with van der Waals surface area (Å²) >= 11 is 6.40. The zero-order valence-electron chi connectivity index (χ0n) is 14.1. The van der Waals surface area contributed by atoms with E-state index in [9.17, 15) is 9.90 Å². The fraction of sp³-hybridized carbons (Fsp3) is 0.0476. The van der Waals surface area contributed by atoms with Gasteiger partial charge in [-0.05, 0) is 29.3 Å². The Kier molecular flexibility index (Phi) is 4.19. The minimum atomic E-state index is -0.385. The fourth-order valence-electron chi connectivity index (χ4n) is 3.20. The number of hydrogen-bond acceptors (Lipinski definition) is 3. The standard InChI is InChI=1S/C21H14ClN3O2/c22-17-12-16-19(25(17)15-8-6-13(7-9-15)10-11-23)20(26)18(21(27)24-16)14-4-2-1-3-5-14/h1-9,12H,10H2,(H2,24,26,27). The summed E-state index contributed by atoms with van der Waals surface area (Å²) in [6.07, 6.45) is 0.317. The average Bonchev–Trinajstić information content (AvgIpc) is 2.99. The molecule has 0 bridgehead atoms. The second kappa shape index (κ2) is 6.67. The molecule has 0 spiro atoms. The summed E-state index contributed by atoms with van der Waals surface area (Å²) in [7, 11) is 0. The van der Waals surface area contributed by atoms with Gasteiger partial charge in [-0.25, -0.2) is 0 Å². The average molecular weight is 376 g/mol. The molecule has 4 rings (SSSR count). The van der Waals surface area contributed by atoms with Crippen molar-refractivity contribution in [2.45, 2.75) is 6.42 Å². The first-order chi connectivity index (χ1) is 13.1. The molecular formula is C21H14ClN3O2. The van der Waals surface area contributed by atoms with Crippen LogP contribution in [0.1, 0.15) is 5.56 Å². The van der Waals surface area contributed by atoms with Crippen LogP contribution in [0.2, 0.25) is 5.15 Å².